The van der Waals surface area contributed by atoms with Crippen LogP contribution in [0.4, 0.5) is 0 Å². The average molecular weight is 217 g/mol. The van der Waals surface area contributed by atoms with E-state index >= 15 is 0 Å². The number of aromatic amines is 1. The summed E-state index contributed by atoms with van der Waals surface area (Å²) in [5.41, 5.74) is 0.309. The van der Waals surface area contributed by atoms with Crippen molar-refractivity contribution in [3.63, 3.8) is 0 Å². The summed E-state index contributed by atoms with van der Waals surface area (Å²) < 4.78 is 0. The van der Waals surface area contributed by atoms with Gasteiger partial charge in [0.05, 0.1) is 0 Å². The van der Waals surface area contributed by atoms with E-state index in [4.69, 9.17) is 5.11 Å². The van der Waals surface area contributed by atoms with E-state index in [1.165, 1.54) is 12.3 Å². The van der Waals surface area contributed by atoms with Crippen LogP contribution in [0, 0.1) is 0 Å². The van der Waals surface area contributed by atoms with Crippen LogP contribution in [0.1, 0.15) is 26.5 Å². The molecule has 6 nitrogen and oxygen atoms in total. The van der Waals surface area contributed by atoms with Crippen molar-refractivity contribution in [2.75, 3.05) is 0 Å². The maximum Gasteiger partial charge on any atom is 0.353 e. The van der Waals surface area contributed by atoms with Gasteiger partial charge in [-0.25, -0.2) is 4.79 Å². The molecule has 0 aliphatic heterocycles. The minimum atomic E-state index is -1.15. The van der Waals surface area contributed by atoms with Gasteiger partial charge in [-0.1, -0.05) is 0 Å². The van der Waals surface area contributed by atoms with Crippen LogP contribution < -0.4 is 0 Å². The Kier molecular flexibility index (Phi) is 2.47. The molecule has 2 heterocycles. The van der Waals surface area contributed by atoms with Gasteiger partial charge in [0.25, 0.3) is 0 Å². The van der Waals surface area contributed by atoms with Crippen LogP contribution in [0.15, 0.2) is 30.6 Å². The molecule has 0 bridgehead atoms. The summed E-state index contributed by atoms with van der Waals surface area (Å²) >= 11 is 0. The summed E-state index contributed by atoms with van der Waals surface area (Å²) in [6.45, 7) is 0. The van der Waals surface area contributed by atoms with Crippen molar-refractivity contribution >= 4 is 11.8 Å². The Bertz CT molecular complexity index is 533. The molecule has 6 heteroatoms. The SMILES string of the molecule is O=C(c1cccnc1)c1cc(C(=O)O)[nH]n1. The molecule has 0 saturated carbocycles. The first-order chi connectivity index (χ1) is 7.68. The fraction of sp³-hybridized carbons (Fsp3) is 0. The molecule has 2 N–H and O–H groups in total. The number of H-pyrrole nitrogens is 1. The van der Waals surface area contributed by atoms with Gasteiger partial charge >= 0.3 is 5.97 Å². The second kappa shape index (κ2) is 3.93. The molecule has 0 aromatic carbocycles. The number of nitrogens with zero attached hydrogens (tertiary/aromatic N) is 2. The number of carboxylic acids is 1. The average Bonchev–Trinajstić information content (AvgIpc) is 2.78. The second-order valence-corrected chi connectivity index (χ2v) is 3.04. The molecule has 0 spiro atoms. The number of aromatic carboxylic acids is 1. The molecule has 0 radical (unpaired) electrons. The first kappa shape index (κ1) is 10.0. The molecule has 0 fully saturated rings. The number of ketones is 1. The van der Waals surface area contributed by atoms with Crippen LogP contribution in [-0.4, -0.2) is 32.0 Å². The highest BCUT2D eigenvalue weighted by Crippen LogP contribution is 2.07. The molecule has 0 saturated heterocycles. The fourth-order valence-electron chi connectivity index (χ4n) is 1.19. The molecule has 0 aliphatic rings. The Morgan fingerprint density at radius 3 is 2.75 bits per heavy atom. The van der Waals surface area contributed by atoms with Crippen LogP contribution in [-0.2, 0) is 0 Å². The van der Waals surface area contributed by atoms with Crippen molar-refractivity contribution in [3.05, 3.63) is 47.5 Å². The van der Waals surface area contributed by atoms with Gasteiger partial charge in [-0.2, -0.15) is 5.10 Å². The third-order valence-corrected chi connectivity index (χ3v) is 1.96. The molecule has 0 amide bonds. The molecule has 2 aromatic rings. The molecule has 16 heavy (non-hydrogen) atoms. The molecule has 2 rings (SSSR count). The number of hydrogen-bond donors (Lipinski definition) is 2. The van der Waals surface area contributed by atoms with Gasteiger partial charge in [-0.15, -0.1) is 0 Å². The Morgan fingerprint density at radius 1 is 1.38 bits per heavy atom. The highest BCUT2D eigenvalue weighted by atomic mass is 16.4. The lowest BCUT2D eigenvalue weighted by Gasteiger charge is -1.94. The number of carbonyl (C=O) groups is 2. The standard InChI is InChI=1S/C10H7N3O3/c14-9(6-2-1-3-11-5-6)7-4-8(10(15)16)13-12-7/h1-5H,(H,12,13)(H,15,16). The van der Waals surface area contributed by atoms with E-state index < -0.39 is 5.97 Å². The van der Waals surface area contributed by atoms with Gasteiger partial charge in [0.1, 0.15) is 11.4 Å². The van der Waals surface area contributed by atoms with Crippen molar-refractivity contribution in [2.24, 2.45) is 0 Å². The number of aromatic nitrogens is 3. The van der Waals surface area contributed by atoms with E-state index in [-0.39, 0.29) is 17.2 Å². The van der Waals surface area contributed by atoms with Gasteiger partial charge < -0.3 is 5.11 Å². The van der Waals surface area contributed by atoms with Crippen molar-refractivity contribution < 1.29 is 14.7 Å². The van der Waals surface area contributed by atoms with Crippen LogP contribution >= 0.6 is 0 Å². The molecular formula is C10H7N3O3. The number of carbonyl (C=O) groups excluding carboxylic acids is 1. The van der Waals surface area contributed by atoms with E-state index in [2.05, 4.69) is 15.2 Å². The summed E-state index contributed by atoms with van der Waals surface area (Å²) in [5, 5.41) is 14.6. The van der Waals surface area contributed by atoms with E-state index in [0.29, 0.717) is 5.56 Å². The van der Waals surface area contributed by atoms with Crippen molar-refractivity contribution in [2.45, 2.75) is 0 Å². The summed E-state index contributed by atoms with van der Waals surface area (Å²) in [7, 11) is 0. The van der Waals surface area contributed by atoms with Crippen LogP contribution in [0.5, 0.6) is 0 Å². The Morgan fingerprint density at radius 2 is 2.19 bits per heavy atom. The van der Waals surface area contributed by atoms with E-state index in [0.717, 1.165) is 0 Å². The molecule has 80 valence electrons. The smallest absolute Gasteiger partial charge is 0.353 e. The van der Waals surface area contributed by atoms with Crippen LogP contribution in [0.3, 0.4) is 0 Å². The van der Waals surface area contributed by atoms with Crippen LogP contribution in [0.2, 0.25) is 0 Å². The minimum absolute atomic E-state index is 0.0606. The molecule has 2 aromatic heterocycles. The van der Waals surface area contributed by atoms with Crippen molar-refractivity contribution in [1.82, 2.24) is 15.2 Å². The normalized spacial score (nSPS) is 10.0. The third kappa shape index (κ3) is 1.81. The summed E-state index contributed by atoms with van der Waals surface area (Å²) in [5.74, 6) is -1.52. The fourth-order valence-corrected chi connectivity index (χ4v) is 1.19. The quantitative estimate of drug-likeness (QED) is 0.739. The molecular weight excluding hydrogens is 210 g/mol. The lowest BCUT2D eigenvalue weighted by atomic mass is 10.1. The van der Waals surface area contributed by atoms with E-state index in [1.54, 1.807) is 18.3 Å². The highest BCUT2D eigenvalue weighted by molar-refractivity contribution is 6.08. The van der Waals surface area contributed by atoms with Gasteiger partial charge in [-0.05, 0) is 12.1 Å². The van der Waals surface area contributed by atoms with Crippen molar-refractivity contribution in [1.29, 1.82) is 0 Å². The zero-order chi connectivity index (χ0) is 11.5. The predicted molar refractivity (Wildman–Crippen MR) is 53.2 cm³/mol. The zero-order valence-corrected chi connectivity index (χ0v) is 8.04. The molecule has 0 atom stereocenters. The number of hydrogen-bond acceptors (Lipinski definition) is 4. The zero-order valence-electron chi connectivity index (χ0n) is 8.04. The molecule has 0 unspecified atom stereocenters. The Hall–Kier alpha value is -2.50. The monoisotopic (exact) mass is 217 g/mol. The van der Waals surface area contributed by atoms with Gasteiger partial charge in [0.15, 0.2) is 0 Å². The summed E-state index contributed by atoms with van der Waals surface area (Å²) in [6, 6.07) is 4.40. The Balaban J connectivity index is 2.31. The lowest BCUT2D eigenvalue weighted by Crippen LogP contribution is -2.01. The summed E-state index contributed by atoms with van der Waals surface area (Å²) in [6.07, 6.45) is 2.95. The van der Waals surface area contributed by atoms with Gasteiger partial charge in [-0.3, -0.25) is 14.9 Å². The highest BCUT2D eigenvalue weighted by Gasteiger charge is 2.15. The van der Waals surface area contributed by atoms with E-state index in [1.807, 2.05) is 0 Å². The van der Waals surface area contributed by atoms with Crippen LogP contribution in [0.25, 0.3) is 0 Å². The first-order valence-electron chi connectivity index (χ1n) is 4.42. The van der Waals surface area contributed by atoms with Gasteiger partial charge in [0.2, 0.25) is 5.78 Å². The van der Waals surface area contributed by atoms with Gasteiger partial charge in [0, 0.05) is 24.0 Å². The van der Waals surface area contributed by atoms with E-state index in [9.17, 15) is 9.59 Å². The maximum absolute atomic E-state index is 11.8. The number of nitrogens with one attached hydrogen (secondary N) is 1. The third-order valence-electron chi connectivity index (χ3n) is 1.96. The predicted octanol–water partition coefficient (Wildman–Crippen LogP) is 0.734. The first-order valence-corrected chi connectivity index (χ1v) is 4.42. The van der Waals surface area contributed by atoms with Crippen molar-refractivity contribution in [3.8, 4) is 0 Å². The Labute approximate surface area is 90.0 Å². The topological polar surface area (TPSA) is 95.9 Å². The number of rotatable bonds is 3. The number of carboxylic acid groups (broad SMARTS) is 1. The maximum atomic E-state index is 11.8. The summed E-state index contributed by atoms with van der Waals surface area (Å²) in [4.78, 5) is 26.1. The molecule has 0 aliphatic carbocycles. The second-order valence-electron chi connectivity index (χ2n) is 3.04. The number of pyridine rings is 1. The largest absolute Gasteiger partial charge is 0.477 e. The minimum Gasteiger partial charge on any atom is -0.477 e. The lowest BCUT2D eigenvalue weighted by molar-refractivity contribution is 0.0690.